The minimum atomic E-state index is -0.0848. The van der Waals surface area contributed by atoms with Gasteiger partial charge in [-0.2, -0.15) is 9.78 Å². The number of carbonyl (C=O) groups excluding carboxylic acids is 1. The largest absolute Gasteiger partial charge is 0.494 e. The Balaban J connectivity index is 1.78. The normalized spacial score (nSPS) is 16.0. The Morgan fingerprint density at radius 1 is 1.22 bits per heavy atom. The van der Waals surface area contributed by atoms with Crippen LogP contribution in [-0.4, -0.2) is 32.5 Å². The van der Waals surface area contributed by atoms with Crippen LogP contribution in [0.2, 0.25) is 5.15 Å². The predicted octanol–water partition coefficient (Wildman–Crippen LogP) is 3.50. The lowest BCUT2D eigenvalue weighted by atomic mass is 9.86. The highest BCUT2D eigenvalue weighted by Gasteiger charge is 2.32. The lowest BCUT2D eigenvalue weighted by Crippen LogP contribution is -2.25. The number of aromatic nitrogens is 4. The Hall–Kier alpha value is -2.93. The molecule has 138 valence electrons. The number of hydrogen-bond donors (Lipinski definition) is 1. The van der Waals surface area contributed by atoms with Crippen LogP contribution in [0.1, 0.15) is 36.1 Å². The molecule has 1 aromatic carbocycles. The lowest BCUT2D eigenvalue weighted by molar-refractivity contribution is -0.116. The van der Waals surface area contributed by atoms with E-state index in [-0.39, 0.29) is 11.8 Å². The van der Waals surface area contributed by atoms with Gasteiger partial charge in [-0.1, -0.05) is 23.7 Å². The summed E-state index contributed by atoms with van der Waals surface area (Å²) in [4.78, 5) is 12.4. The van der Waals surface area contributed by atoms with Gasteiger partial charge in [0.15, 0.2) is 11.0 Å². The van der Waals surface area contributed by atoms with Crippen LogP contribution in [0, 0.1) is 6.92 Å². The summed E-state index contributed by atoms with van der Waals surface area (Å²) in [6.45, 7) is 4.49. The number of aryl methyl sites for hydroxylation is 1. The number of carbonyl (C=O) groups is 1. The second-order valence-electron chi connectivity index (χ2n) is 6.28. The first-order valence-electron chi connectivity index (χ1n) is 8.68. The second kappa shape index (κ2) is 7.00. The van der Waals surface area contributed by atoms with Gasteiger partial charge < -0.3 is 10.1 Å². The SMILES string of the molecule is CCOc1ccc(C2CC(=O)Nc3c2c(C)nn3-c2ccc(Cl)nn2)cc1. The number of hydrogen-bond acceptors (Lipinski definition) is 5. The summed E-state index contributed by atoms with van der Waals surface area (Å²) in [6, 6.07) is 11.2. The van der Waals surface area contributed by atoms with Crippen molar-refractivity contribution < 1.29 is 9.53 Å². The monoisotopic (exact) mass is 383 g/mol. The molecule has 1 N–H and O–H groups in total. The van der Waals surface area contributed by atoms with Gasteiger partial charge in [0.2, 0.25) is 5.91 Å². The average Bonchev–Trinajstić information content (AvgIpc) is 2.99. The molecule has 3 heterocycles. The van der Waals surface area contributed by atoms with E-state index in [1.165, 1.54) is 0 Å². The van der Waals surface area contributed by atoms with Gasteiger partial charge in [-0.15, -0.1) is 10.2 Å². The summed E-state index contributed by atoms with van der Waals surface area (Å²) in [5.41, 5.74) is 2.86. The first kappa shape index (κ1) is 17.5. The number of ether oxygens (including phenoxy) is 1. The molecule has 8 heteroatoms. The van der Waals surface area contributed by atoms with Crippen LogP contribution in [-0.2, 0) is 4.79 Å². The van der Waals surface area contributed by atoms with Crippen molar-refractivity contribution in [3.8, 4) is 11.6 Å². The van der Waals surface area contributed by atoms with Gasteiger partial charge in [-0.3, -0.25) is 4.79 Å². The minimum Gasteiger partial charge on any atom is -0.494 e. The molecule has 0 spiro atoms. The Morgan fingerprint density at radius 2 is 2.00 bits per heavy atom. The number of fused-ring (bicyclic) bond motifs is 1. The topological polar surface area (TPSA) is 81.9 Å². The van der Waals surface area contributed by atoms with Crippen LogP contribution in [0.3, 0.4) is 0 Å². The predicted molar refractivity (Wildman–Crippen MR) is 102 cm³/mol. The summed E-state index contributed by atoms with van der Waals surface area (Å²) in [5, 5.41) is 15.8. The molecule has 0 radical (unpaired) electrons. The van der Waals surface area contributed by atoms with Crippen LogP contribution in [0.25, 0.3) is 5.82 Å². The Bertz CT molecular complexity index is 983. The molecule has 27 heavy (non-hydrogen) atoms. The van der Waals surface area contributed by atoms with Gasteiger partial charge in [-0.25, -0.2) is 0 Å². The zero-order valence-electron chi connectivity index (χ0n) is 14.9. The van der Waals surface area contributed by atoms with Crippen molar-refractivity contribution in [3.63, 3.8) is 0 Å². The molecular weight excluding hydrogens is 366 g/mol. The molecule has 0 bridgehead atoms. The molecule has 1 aliphatic heterocycles. The lowest BCUT2D eigenvalue weighted by Gasteiger charge is -2.24. The standard InChI is InChI=1S/C19H18ClN5O2/c1-3-27-13-6-4-12(5-7-13)14-10-17(26)21-19-18(14)11(2)24-25(19)16-9-8-15(20)22-23-16/h4-9,14H,3,10H2,1-2H3,(H,21,26). The number of rotatable bonds is 4. The Kier molecular flexibility index (Phi) is 4.53. The van der Waals surface area contributed by atoms with Crippen LogP contribution < -0.4 is 10.1 Å². The van der Waals surface area contributed by atoms with E-state index in [4.69, 9.17) is 16.3 Å². The first-order valence-corrected chi connectivity index (χ1v) is 9.06. The van der Waals surface area contributed by atoms with E-state index in [0.29, 0.717) is 29.8 Å². The van der Waals surface area contributed by atoms with E-state index in [9.17, 15) is 4.79 Å². The maximum atomic E-state index is 12.4. The number of nitrogens with one attached hydrogen (secondary N) is 1. The number of amides is 1. The zero-order valence-corrected chi connectivity index (χ0v) is 15.7. The Labute approximate surface area is 161 Å². The maximum Gasteiger partial charge on any atom is 0.226 e. The number of nitrogens with zero attached hydrogens (tertiary/aromatic N) is 4. The molecule has 4 rings (SSSR count). The Morgan fingerprint density at radius 3 is 2.67 bits per heavy atom. The van der Waals surface area contributed by atoms with Gasteiger partial charge in [0.25, 0.3) is 0 Å². The van der Waals surface area contributed by atoms with Crippen molar-refractivity contribution in [1.82, 2.24) is 20.0 Å². The van der Waals surface area contributed by atoms with Crippen molar-refractivity contribution in [2.75, 3.05) is 11.9 Å². The number of benzene rings is 1. The fraction of sp³-hybridized carbons (Fsp3) is 0.263. The fourth-order valence-electron chi connectivity index (χ4n) is 3.38. The molecule has 1 atom stereocenters. The van der Waals surface area contributed by atoms with Crippen molar-refractivity contribution in [2.24, 2.45) is 0 Å². The highest BCUT2D eigenvalue weighted by Crippen LogP contribution is 2.40. The molecule has 0 aliphatic carbocycles. The smallest absolute Gasteiger partial charge is 0.226 e. The van der Waals surface area contributed by atoms with Gasteiger partial charge in [0.05, 0.1) is 12.3 Å². The fourth-order valence-corrected chi connectivity index (χ4v) is 3.48. The molecule has 0 fully saturated rings. The summed E-state index contributed by atoms with van der Waals surface area (Å²) < 4.78 is 7.12. The third kappa shape index (κ3) is 3.26. The molecule has 1 unspecified atom stereocenters. The third-order valence-electron chi connectivity index (χ3n) is 4.53. The van der Waals surface area contributed by atoms with Crippen LogP contribution in [0.5, 0.6) is 5.75 Å². The van der Waals surface area contributed by atoms with Crippen molar-refractivity contribution >= 4 is 23.3 Å². The molecular formula is C19H18ClN5O2. The van der Waals surface area contributed by atoms with Gasteiger partial charge in [0, 0.05) is 17.9 Å². The summed E-state index contributed by atoms with van der Waals surface area (Å²) >= 11 is 5.83. The second-order valence-corrected chi connectivity index (χ2v) is 6.67. The minimum absolute atomic E-state index is 0.0653. The van der Waals surface area contributed by atoms with Crippen LogP contribution in [0.15, 0.2) is 36.4 Å². The maximum absolute atomic E-state index is 12.4. The van der Waals surface area contributed by atoms with Gasteiger partial charge in [-0.05, 0) is 43.7 Å². The van der Waals surface area contributed by atoms with Crippen LogP contribution >= 0.6 is 11.6 Å². The molecule has 3 aromatic rings. The highest BCUT2D eigenvalue weighted by molar-refractivity contribution is 6.29. The van der Waals surface area contributed by atoms with Crippen molar-refractivity contribution in [2.45, 2.75) is 26.2 Å². The molecule has 0 saturated carbocycles. The molecule has 0 saturated heterocycles. The number of halogens is 1. The molecule has 1 amide bonds. The van der Waals surface area contributed by atoms with E-state index in [1.807, 2.05) is 38.1 Å². The summed E-state index contributed by atoms with van der Waals surface area (Å²) in [6.07, 6.45) is 0.361. The molecule has 7 nitrogen and oxygen atoms in total. The highest BCUT2D eigenvalue weighted by atomic mass is 35.5. The van der Waals surface area contributed by atoms with E-state index in [1.54, 1.807) is 16.8 Å². The first-order chi connectivity index (χ1) is 13.1. The molecule has 2 aromatic heterocycles. The third-order valence-corrected chi connectivity index (χ3v) is 4.73. The van der Waals surface area contributed by atoms with Crippen LogP contribution in [0.4, 0.5) is 5.82 Å². The van der Waals surface area contributed by atoms with Crippen molar-refractivity contribution in [3.05, 3.63) is 58.4 Å². The van der Waals surface area contributed by atoms with E-state index in [2.05, 4.69) is 20.6 Å². The summed E-state index contributed by atoms with van der Waals surface area (Å²) in [7, 11) is 0. The average molecular weight is 384 g/mol. The van der Waals surface area contributed by atoms with E-state index < -0.39 is 0 Å². The number of anilines is 1. The van der Waals surface area contributed by atoms with E-state index in [0.717, 1.165) is 22.6 Å². The van der Waals surface area contributed by atoms with Gasteiger partial charge in [0.1, 0.15) is 11.6 Å². The van der Waals surface area contributed by atoms with Crippen molar-refractivity contribution in [1.29, 1.82) is 0 Å². The van der Waals surface area contributed by atoms with Gasteiger partial charge >= 0.3 is 0 Å². The zero-order chi connectivity index (χ0) is 19.0. The van der Waals surface area contributed by atoms with E-state index >= 15 is 0 Å². The quantitative estimate of drug-likeness (QED) is 0.745. The summed E-state index contributed by atoms with van der Waals surface area (Å²) in [5.74, 6) is 1.78. The molecule has 1 aliphatic rings.